The van der Waals surface area contributed by atoms with Gasteiger partial charge in [0, 0.05) is 0 Å². The van der Waals surface area contributed by atoms with Crippen LogP contribution in [0.25, 0.3) is 0 Å². The van der Waals surface area contributed by atoms with E-state index in [-0.39, 0.29) is 0 Å². The van der Waals surface area contributed by atoms with E-state index in [2.05, 4.69) is 78.0 Å². The SMILES string of the molecule is CC1C=CC=CC1.CCC.CCC.Cc1ccccc1. The molecule has 1 unspecified atom stereocenters. The van der Waals surface area contributed by atoms with Crippen molar-refractivity contribution in [2.45, 2.75) is 60.8 Å². The summed E-state index contributed by atoms with van der Waals surface area (Å²) in [7, 11) is 0. The van der Waals surface area contributed by atoms with Crippen molar-refractivity contribution in [1.29, 1.82) is 0 Å². The number of hydrogen-bond donors (Lipinski definition) is 0. The summed E-state index contributed by atoms with van der Waals surface area (Å²) in [6, 6.07) is 10.3. The van der Waals surface area contributed by atoms with E-state index in [1.54, 1.807) is 0 Å². The fraction of sp³-hybridized carbons (Fsp3) is 0.500. The maximum atomic E-state index is 2.22. The van der Waals surface area contributed by atoms with Gasteiger partial charge in [0.15, 0.2) is 0 Å². The summed E-state index contributed by atoms with van der Waals surface area (Å²) in [6.07, 6.45) is 12.3. The Morgan fingerprint density at radius 3 is 1.60 bits per heavy atom. The molecule has 0 saturated heterocycles. The van der Waals surface area contributed by atoms with E-state index < -0.39 is 0 Å². The van der Waals surface area contributed by atoms with Crippen molar-refractivity contribution in [2.24, 2.45) is 5.92 Å². The van der Waals surface area contributed by atoms with Crippen LogP contribution in [0, 0.1) is 12.8 Å². The molecule has 0 nitrogen and oxygen atoms in total. The van der Waals surface area contributed by atoms with Gasteiger partial charge in [-0.05, 0) is 19.3 Å². The Bertz CT molecular complexity index is 317. The third-order valence-corrected chi connectivity index (χ3v) is 2.14. The number of rotatable bonds is 0. The molecule has 114 valence electrons. The van der Waals surface area contributed by atoms with Crippen LogP contribution in [0.1, 0.15) is 59.4 Å². The lowest BCUT2D eigenvalue weighted by molar-refractivity contribution is 0.737. The molecule has 0 aliphatic heterocycles. The summed E-state index contributed by atoms with van der Waals surface area (Å²) in [5.74, 6) is 0.769. The van der Waals surface area contributed by atoms with Crippen LogP contribution in [0.4, 0.5) is 0 Å². The molecule has 1 aliphatic carbocycles. The van der Waals surface area contributed by atoms with Crippen molar-refractivity contribution in [3.8, 4) is 0 Å². The standard InChI is InChI=1S/C7H10.C7H8.2C3H8/c2*1-7-5-3-2-4-6-7;2*1-3-2/h2-5,7H,6H2,1H3;2-6H,1H3;2*3H2,1-2H3. The zero-order valence-corrected chi connectivity index (χ0v) is 14.4. The van der Waals surface area contributed by atoms with Crippen LogP contribution in [-0.4, -0.2) is 0 Å². The van der Waals surface area contributed by atoms with Crippen molar-refractivity contribution in [3.05, 3.63) is 60.2 Å². The van der Waals surface area contributed by atoms with Crippen LogP contribution in [0.15, 0.2) is 54.6 Å². The molecular formula is C20H34. The summed E-state index contributed by atoms with van der Waals surface area (Å²) in [5.41, 5.74) is 1.32. The molecule has 0 heteroatoms. The predicted molar refractivity (Wildman–Crippen MR) is 95.2 cm³/mol. The minimum Gasteiger partial charge on any atom is -0.0840 e. The molecular weight excluding hydrogens is 240 g/mol. The average Bonchev–Trinajstić information content (AvgIpc) is 2.43. The van der Waals surface area contributed by atoms with Gasteiger partial charge in [0.25, 0.3) is 0 Å². The van der Waals surface area contributed by atoms with Crippen LogP contribution in [0.2, 0.25) is 0 Å². The number of aryl methyl sites for hydroxylation is 1. The lowest BCUT2D eigenvalue weighted by Gasteiger charge is -2.02. The Labute approximate surface area is 127 Å². The molecule has 0 radical (unpaired) electrons. The Kier molecular flexibility index (Phi) is 18.6. The second-order valence-corrected chi connectivity index (χ2v) is 5.09. The summed E-state index contributed by atoms with van der Waals surface area (Å²) in [5, 5.41) is 0. The van der Waals surface area contributed by atoms with Gasteiger partial charge in [0.05, 0.1) is 0 Å². The smallest absolute Gasteiger partial charge is 0.0224 e. The largest absolute Gasteiger partial charge is 0.0840 e. The molecule has 0 saturated carbocycles. The van der Waals surface area contributed by atoms with Crippen LogP contribution in [0.5, 0.6) is 0 Å². The van der Waals surface area contributed by atoms with Gasteiger partial charge in [-0.3, -0.25) is 0 Å². The molecule has 0 fully saturated rings. The molecule has 0 spiro atoms. The molecule has 1 aromatic carbocycles. The molecule has 2 rings (SSSR count). The molecule has 0 heterocycles. The van der Waals surface area contributed by atoms with E-state index in [0.29, 0.717) is 0 Å². The van der Waals surface area contributed by atoms with Gasteiger partial charge in [-0.1, -0.05) is 108 Å². The van der Waals surface area contributed by atoms with Crippen molar-refractivity contribution in [3.63, 3.8) is 0 Å². The van der Waals surface area contributed by atoms with Gasteiger partial charge >= 0.3 is 0 Å². The molecule has 0 amide bonds. The molecule has 0 bridgehead atoms. The Balaban J connectivity index is 0. The van der Waals surface area contributed by atoms with Crippen LogP contribution in [-0.2, 0) is 0 Å². The first kappa shape index (κ1) is 21.0. The second kappa shape index (κ2) is 17.7. The molecule has 1 aliphatic rings. The molecule has 20 heavy (non-hydrogen) atoms. The van der Waals surface area contributed by atoms with Gasteiger partial charge in [-0.2, -0.15) is 0 Å². The average molecular weight is 274 g/mol. The van der Waals surface area contributed by atoms with Gasteiger partial charge in [0.1, 0.15) is 0 Å². The number of benzene rings is 1. The highest BCUT2D eigenvalue weighted by molar-refractivity contribution is 5.11. The Morgan fingerprint density at radius 1 is 0.900 bits per heavy atom. The normalized spacial score (nSPS) is 14.8. The number of allylic oxidation sites excluding steroid dienone is 4. The van der Waals surface area contributed by atoms with Crippen LogP contribution < -0.4 is 0 Å². The van der Waals surface area contributed by atoms with Crippen LogP contribution >= 0.6 is 0 Å². The lowest BCUT2D eigenvalue weighted by Crippen LogP contribution is -1.87. The minimum atomic E-state index is 0.769. The second-order valence-electron chi connectivity index (χ2n) is 5.09. The third kappa shape index (κ3) is 19.0. The quantitative estimate of drug-likeness (QED) is 0.479. The zero-order valence-electron chi connectivity index (χ0n) is 14.4. The summed E-state index contributed by atoms with van der Waals surface area (Å²) < 4.78 is 0. The summed E-state index contributed by atoms with van der Waals surface area (Å²) >= 11 is 0. The highest BCUT2D eigenvalue weighted by Gasteiger charge is 1.93. The van der Waals surface area contributed by atoms with Crippen LogP contribution in [0.3, 0.4) is 0 Å². The topological polar surface area (TPSA) is 0 Å². The lowest BCUT2D eigenvalue weighted by atomic mass is 10.0. The number of hydrogen-bond acceptors (Lipinski definition) is 0. The van der Waals surface area contributed by atoms with Gasteiger partial charge in [0.2, 0.25) is 0 Å². The van der Waals surface area contributed by atoms with Crippen molar-refractivity contribution < 1.29 is 0 Å². The van der Waals surface area contributed by atoms with E-state index in [1.165, 1.54) is 24.8 Å². The molecule has 0 N–H and O–H groups in total. The maximum absolute atomic E-state index is 2.22. The monoisotopic (exact) mass is 274 g/mol. The maximum Gasteiger partial charge on any atom is -0.0224 e. The van der Waals surface area contributed by atoms with E-state index in [9.17, 15) is 0 Å². The van der Waals surface area contributed by atoms with E-state index in [0.717, 1.165) is 5.92 Å². The van der Waals surface area contributed by atoms with E-state index >= 15 is 0 Å². The first-order chi connectivity index (χ1) is 9.62. The molecule has 0 aromatic heterocycles. The molecule has 1 atom stereocenters. The van der Waals surface area contributed by atoms with Gasteiger partial charge in [-0.15, -0.1) is 0 Å². The predicted octanol–water partition coefficient (Wildman–Crippen LogP) is 6.97. The van der Waals surface area contributed by atoms with Gasteiger partial charge in [-0.25, -0.2) is 0 Å². The van der Waals surface area contributed by atoms with Gasteiger partial charge < -0.3 is 0 Å². The fourth-order valence-corrected chi connectivity index (χ4v) is 1.24. The third-order valence-electron chi connectivity index (χ3n) is 2.14. The highest BCUT2D eigenvalue weighted by Crippen LogP contribution is 2.08. The van der Waals surface area contributed by atoms with Crippen molar-refractivity contribution in [2.75, 3.05) is 0 Å². The Hall–Kier alpha value is -1.30. The minimum absolute atomic E-state index is 0.769. The summed E-state index contributed by atoms with van der Waals surface area (Å²) in [4.78, 5) is 0. The zero-order chi connectivity index (χ0) is 15.6. The highest BCUT2D eigenvalue weighted by atomic mass is 14.0. The Morgan fingerprint density at radius 2 is 1.40 bits per heavy atom. The summed E-state index contributed by atoms with van der Waals surface area (Å²) in [6.45, 7) is 12.8. The first-order valence-electron chi connectivity index (χ1n) is 7.97. The first-order valence-corrected chi connectivity index (χ1v) is 7.97. The van der Waals surface area contributed by atoms with Crippen molar-refractivity contribution in [1.82, 2.24) is 0 Å². The van der Waals surface area contributed by atoms with E-state index in [4.69, 9.17) is 0 Å². The fourth-order valence-electron chi connectivity index (χ4n) is 1.24. The van der Waals surface area contributed by atoms with Crippen molar-refractivity contribution >= 4 is 0 Å². The molecule has 1 aromatic rings. The van der Waals surface area contributed by atoms with E-state index in [1.807, 2.05) is 18.2 Å².